The first-order valence-electron chi connectivity index (χ1n) is 9.38. The molecule has 1 aromatic carbocycles. The quantitative estimate of drug-likeness (QED) is 0.444. The number of nitrogens with one attached hydrogen (secondary N) is 4. The number of carbonyl (C=O) groups is 2. The lowest BCUT2D eigenvalue weighted by atomic mass is 10.2. The number of aromatic nitrogens is 2. The molecule has 27 heavy (non-hydrogen) atoms. The van der Waals surface area contributed by atoms with E-state index in [0.717, 1.165) is 24.3 Å². The van der Waals surface area contributed by atoms with E-state index < -0.39 is 0 Å². The van der Waals surface area contributed by atoms with Gasteiger partial charge in [0.2, 0.25) is 5.91 Å². The topological polar surface area (TPSA) is 108 Å². The number of rotatable bonds is 10. The predicted octanol–water partition coefficient (Wildman–Crippen LogP) is -0.640. The highest BCUT2D eigenvalue weighted by Gasteiger charge is 2.17. The lowest BCUT2D eigenvalue weighted by Crippen LogP contribution is -3.12. The van der Waals surface area contributed by atoms with E-state index in [2.05, 4.69) is 27.5 Å². The Morgan fingerprint density at radius 1 is 1.15 bits per heavy atom. The van der Waals surface area contributed by atoms with Crippen molar-refractivity contribution in [1.29, 1.82) is 0 Å². The van der Waals surface area contributed by atoms with Crippen molar-refractivity contribution in [3.05, 3.63) is 40.4 Å². The van der Waals surface area contributed by atoms with Crippen molar-refractivity contribution in [2.45, 2.75) is 33.2 Å². The van der Waals surface area contributed by atoms with Gasteiger partial charge in [0.25, 0.3) is 11.5 Å². The van der Waals surface area contributed by atoms with Crippen LogP contribution in [-0.4, -0.2) is 48.0 Å². The van der Waals surface area contributed by atoms with E-state index >= 15 is 0 Å². The minimum absolute atomic E-state index is 0.0290. The third kappa shape index (κ3) is 6.49. The molecule has 0 saturated carbocycles. The van der Waals surface area contributed by atoms with Crippen LogP contribution in [0.1, 0.15) is 32.5 Å². The second kappa shape index (κ2) is 10.4. The normalized spacial score (nSPS) is 11.9. The van der Waals surface area contributed by atoms with Crippen LogP contribution >= 0.6 is 0 Å². The summed E-state index contributed by atoms with van der Waals surface area (Å²) in [6.07, 6.45) is 1.96. The van der Waals surface area contributed by atoms with Crippen molar-refractivity contribution in [3.8, 4) is 0 Å². The van der Waals surface area contributed by atoms with Gasteiger partial charge in [-0.15, -0.1) is 0 Å². The van der Waals surface area contributed by atoms with E-state index in [4.69, 9.17) is 0 Å². The van der Waals surface area contributed by atoms with Crippen LogP contribution < -0.4 is 21.1 Å². The van der Waals surface area contributed by atoms with Crippen LogP contribution in [0.3, 0.4) is 0 Å². The molecule has 4 N–H and O–H groups in total. The maximum absolute atomic E-state index is 12.2. The number of hydrogen-bond donors (Lipinski definition) is 4. The van der Waals surface area contributed by atoms with Crippen LogP contribution in [0.25, 0.3) is 10.9 Å². The third-order valence-electron chi connectivity index (χ3n) is 4.19. The lowest BCUT2D eigenvalue weighted by Gasteiger charge is -2.18. The third-order valence-corrected chi connectivity index (χ3v) is 4.19. The molecule has 0 saturated heterocycles. The van der Waals surface area contributed by atoms with Crippen molar-refractivity contribution >= 4 is 22.7 Å². The van der Waals surface area contributed by atoms with E-state index in [-0.39, 0.29) is 30.5 Å². The van der Waals surface area contributed by atoms with Crippen molar-refractivity contribution < 1.29 is 14.5 Å². The highest BCUT2D eigenvalue weighted by atomic mass is 16.2. The first-order valence-corrected chi connectivity index (χ1v) is 9.38. The number of unbranched alkanes of at least 4 members (excludes halogenated alkanes) is 1. The average Bonchev–Trinajstić information content (AvgIpc) is 2.65. The summed E-state index contributed by atoms with van der Waals surface area (Å²) in [5, 5.41) is 5.83. The Morgan fingerprint density at radius 2 is 1.93 bits per heavy atom. The molecule has 0 aliphatic rings. The summed E-state index contributed by atoms with van der Waals surface area (Å²) in [6, 6.07) is 7.19. The van der Waals surface area contributed by atoms with Gasteiger partial charge < -0.3 is 20.5 Å². The molecule has 0 bridgehead atoms. The Labute approximate surface area is 158 Å². The molecule has 2 aromatic rings. The Bertz CT molecular complexity index is 833. The van der Waals surface area contributed by atoms with Crippen LogP contribution in [-0.2, 0) is 16.1 Å². The molecule has 0 fully saturated rings. The zero-order valence-electron chi connectivity index (χ0n) is 15.9. The second-order valence-corrected chi connectivity index (χ2v) is 6.47. The molecule has 0 spiro atoms. The number of H-pyrrole nitrogens is 1. The van der Waals surface area contributed by atoms with Gasteiger partial charge in [0, 0.05) is 6.54 Å². The summed E-state index contributed by atoms with van der Waals surface area (Å²) in [5.74, 6) is 0.151. The van der Waals surface area contributed by atoms with Gasteiger partial charge in [-0.1, -0.05) is 25.5 Å². The fourth-order valence-corrected chi connectivity index (χ4v) is 2.85. The maximum atomic E-state index is 12.2. The highest BCUT2D eigenvalue weighted by molar-refractivity contribution is 5.85. The van der Waals surface area contributed by atoms with E-state index in [1.165, 1.54) is 0 Å². The number of amides is 2. The van der Waals surface area contributed by atoms with Crippen LogP contribution in [0.2, 0.25) is 0 Å². The molecular weight excluding hydrogens is 346 g/mol. The first-order chi connectivity index (χ1) is 13.0. The highest BCUT2D eigenvalue weighted by Crippen LogP contribution is 2.04. The molecule has 1 atom stereocenters. The van der Waals surface area contributed by atoms with Crippen LogP contribution in [0, 0.1) is 0 Å². The molecule has 0 aliphatic heterocycles. The van der Waals surface area contributed by atoms with Crippen molar-refractivity contribution in [2.24, 2.45) is 0 Å². The van der Waals surface area contributed by atoms with Gasteiger partial charge in [-0.3, -0.25) is 14.4 Å². The SMILES string of the molecule is CCCC[NH+](CC(=O)NCC(=O)NCC)Cc1nc2ccccc2c(=O)[nH]1. The molecule has 2 amide bonds. The van der Waals surface area contributed by atoms with E-state index in [1.54, 1.807) is 18.2 Å². The maximum Gasteiger partial charge on any atom is 0.275 e. The molecular formula is C19H28N5O3+. The van der Waals surface area contributed by atoms with Gasteiger partial charge in [-0.25, -0.2) is 4.98 Å². The van der Waals surface area contributed by atoms with Gasteiger partial charge in [0.15, 0.2) is 12.4 Å². The molecule has 8 nitrogen and oxygen atoms in total. The van der Waals surface area contributed by atoms with Crippen molar-refractivity contribution in [1.82, 2.24) is 20.6 Å². The number of likely N-dealkylation sites (N-methyl/N-ethyl adjacent to an activating group) is 1. The van der Waals surface area contributed by atoms with Crippen molar-refractivity contribution in [2.75, 3.05) is 26.2 Å². The number of carbonyl (C=O) groups excluding carboxylic acids is 2. The second-order valence-electron chi connectivity index (χ2n) is 6.47. The van der Waals surface area contributed by atoms with Gasteiger partial charge in [0.1, 0.15) is 6.54 Å². The van der Waals surface area contributed by atoms with E-state index in [1.807, 2.05) is 13.0 Å². The van der Waals surface area contributed by atoms with Gasteiger partial charge in [-0.2, -0.15) is 0 Å². The van der Waals surface area contributed by atoms with E-state index in [0.29, 0.717) is 29.8 Å². The number of benzene rings is 1. The van der Waals surface area contributed by atoms with Crippen LogP contribution in [0.5, 0.6) is 0 Å². The van der Waals surface area contributed by atoms with Gasteiger partial charge in [0.05, 0.1) is 24.0 Å². The molecule has 1 unspecified atom stereocenters. The Kier molecular flexibility index (Phi) is 7.94. The number of nitrogens with zero attached hydrogens (tertiary/aromatic N) is 1. The average molecular weight is 374 g/mol. The molecule has 1 aromatic heterocycles. The minimum Gasteiger partial charge on any atom is -0.355 e. The molecule has 146 valence electrons. The largest absolute Gasteiger partial charge is 0.355 e. The standard InChI is InChI=1S/C19H27N5O3/c1-3-5-10-24(13-18(26)21-11-17(25)20-4-2)12-16-22-15-9-7-6-8-14(15)19(27)23-16/h6-9H,3-5,10-13H2,1-2H3,(H,20,25)(H,21,26)(H,22,23,27)/p+1. The predicted molar refractivity (Wildman–Crippen MR) is 103 cm³/mol. The van der Waals surface area contributed by atoms with Crippen LogP contribution in [0.15, 0.2) is 29.1 Å². The number of fused-ring (bicyclic) bond motifs is 1. The van der Waals surface area contributed by atoms with E-state index in [9.17, 15) is 14.4 Å². The Balaban J connectivity index is 2.04. The minimum atomic E-state index is -0.207. The molecule has 0 aliphatic carbocycles. The molecule has 2 rings (SSSR count). The monoisotopic (exact) mass is 374 g/mol. The number of para-hydroxylation sites is 1. The summed E-state index contributed by atoms with van der Waals surface area (Å²) < 4.78 is 0. The fourth-order valence-electron chi connectivity index (χ4n) is 2.85. The zero-order valence-corrected chi connectivity index (χ0v) is 15.9. The smallest absolute Gasteiger partial charge is 0.275 e. The first kappa shape index (κ1) is 20.6. The summed E-state index contributed by atoms with van der Waals surface area (Å²) in [4.78, 5) is 44.2. The van der Waals surface area contributed by atoms with Crippen LogP contribution in [0.4, 0.5) is 0 Å². The van der Waals surface area contributed by atoms with Gasteiger partial charge >= 0.3 is 0 Å². The summed E-state index contributed by atoms with van der Waals surface area (Å²) in [6.45, 7) is 5.85. The molecule has 1 heterocycles. The van der Waals surface area contributed by atoms with Crippen molar-refractivity contribution in [3.63, 3.8) is 0 Å². The molecule has 8 heteroatoms. The fraction of sp³-hybridized carbons (Fsp3) is 0.474. The summed E-state index contributed by atoms with van der Waals surface area (Å²) in [7, 11) is 0. The Morgan fingerprint density at radius 3 is 2.67 bits per heavy atom. The summed E-state index contributed by atoms with van der Waals surface area (Å²) >= 11 is 0. The Hall–Kier alpha value is -2.74. The zero-order chi connectivity index (χ0) is 19.6. The number of hydrogen-bond acceptors (Lipinski definition) is 4. The molecule has 0 radical (unpaired) electrons. The number of quaternary nitrogens is 1. The lowest BCUT2D eigenvalue weighted by molar-refractivity contribution is -0.906. The van der Waals surface area contributed by atoms with Gasteiger partial charge in [-0.05, 0) is 25.5 Å². The number of aromatic amines is 1. The summed E-state index contributed by atoms with van der Waals surface area (Å²) in [5.41, 5.74) is 0.470.